The minimum absolute atomic E-state index is 0. The van der Waals surface area contributed by atoms with E-state index in [4.69, 9.17) is 4.98 Å². The van der Waals surface area contributed by atoms with Crippen molar-refractivity contribution in [1.29, 1.82) is 0 Å². The second kappa shape index (κ2) is 14.6. The van der Waals surface area contributed by atoms with Crippen molar-refractivity contribution in [2.24, 2.45) is 10.8 Å². The molecule has 0 aliphatic heterocycles. The van der Waals surface area contributed by atoms with Crippen LogP contribution in [0.1, 0.15) is 93.6 Å². The van der Waals surface area contributed by atoms with Crippen LogP contribution in [0.2, 0.25) is 0 Å². The predicted molar refractivity (Wildman–Crippen MR) is 204 cm³/mol. The average Bonchev–Trinajstić information content (AvgIpc) is 3.80. The fourth-order valence-electron chi connectivity index (χ4n) is 5.76. The molecule has 0 aliphatic rings. The minimum Gasteiger partial charge on any atom is -0.512 e. The van der Waals surface area contributed by atoms with E-state index in [9.17, 15) is 9.90 Å². The van der Waals surface area contributed by atoms with Crippen molar-refractivity contribution in [3.05, 3.63) is 76.8 Å². The summed E-state index contributed by atoms with van der Waals surface area (Å²) in [6.45, 7) is 18.9. The zero-order chi connectivity index (χ0) is 33.4. The zero-order valence-electron chi connectivity index (χ0n) is 29.0. The number of carbonyl (C=O) groups is 1. The van der Waals surface area contributed by atoms with E-state index in [0.29, 0.717) is 0 Å². The maximum Gasteiger partial charge on any atom is 0.164 e. The van der Waals surface area contributed by atoms with Crippen molar-refractivity contribution in [2.75, 3.05) is 0 Å². The van der Waals surface area contributed by atoms with Crippen molar-refractivity contribution in [3.8, 4) is 11.3 Å². The fraction of sp³-hybridized carbons (Fsp3) is 0.400. The predicted octanol–water partition coefficient (Wildman–Crippen LogP) is 13.3. The van der Waals surface area contributed by atoms with Crippen molar-refractivity contribution in [3.63, 3.8) is 0 Å². The molecule has 0 unspecified atom stereocenters. The van der Waals surface area contributed by atoms with Gasteiger partial charge in [0, 0.05) is 63.0 Å². The molecule has 4 heterocycles. The number of aliphatic hydroxyl groups is 1. The number of fused-ring (bicyclic) bond motifs is 5. The van der Waals surface area contributed by atoms with Crippen molar-refractivity contribution < 1.29 is 30.0 Å². The largest absolute Gasteiger partial charge is 0.512 e. The first-order valence-corrected chi connectivity index (χ1v) is 18.9. The number of hydrogen-bond donors (Lipinski definition) is 1. The molecular weight excluding hydrogens is 815 g/mol. The topological polar surface area (TPSA) is 50.2 Å². The Kier molecular flexibility index (Phi) is 11.6. The molecule has 0 amide bonds. The Morgan fingerprint density at radius 2 is 1.51 bits per heavy atom. The Hall–Kier alpha value is -2.41. The van der Waals surface area contributed by atoms with E-state index in [1.54, 1.807) is 22.7 Å². The second-order valence-corrected chi connectivity index (χ2v) is 16.8. The number of carbonyl (C=O) groups excluding carboxylic acids is 1. The molecule has 0 aliphatic carbocycles. The third-order valence-electron chi connectivity index (χ3n) is 10.1. The number of thiophene rings is 3. The van der Waals surface area contributed by atoms with Gasteiger partial charge in [-0.3, -0.25) is 9.78 Å². The van der Waals surface area contributed by atoms with E-state index in [1.807, 2.05) is 59.1 Å². The van der Waals surface area contributed by atoms with E-state index in [1.165, 1.54) is 52.0 Å². The van der Waals surface area contributed by atoms with E-state index < -0.39 is 0 Å². The first kappa shape index (κ1) is 37.4. The number of allylic oxidation sites excluding steroid dienone is 2. The number of hydrogen-bond acceptors (Lipinski definition) is 6. The fourth-order valence-corrected chi connectivity index (χ4v) is 8.84. The molecule has 0 atom stereocenters. The van der Waals surface area contributed by atoms with Crippen LogP contribution in [0.3, 0.4) is 0 Å². The molecule has 7 heteroatoms. The quantitative estimate of drug-likeness (QED) is 0.0942. The summed E-state index contributed by atoms with van der Waals surface area (Å²) in [5.41, 5.74) is 2.97. The number of aliphatic hydroxyl groups excluding tert-OH is 1. The van der Waals surface area contributed by atoms with Gasteiger partial charge in [-0.1, -0.05) is 73.4 Å². The molecule has 3 nitrogen and oxygen atoms in total. The summed E-state index contributed by atoms with van der Waals surface area (Å²) in [5, 5.41) is 19.5. The third-order valence-corrected chi connectivity index (χ3v) is 13.0. The molecule has 1 radical (unpaired) electrons. The van der Waals surface area contributed by atoms with Crippen LogP contribution in [0.25, 0.3) is 51.6 Å². The molecule has 0 spiro atoms. The monoisotopic (exact) mass is 861 g/mol. The van der Waals surface area contributed by atoms with Gasteiger partial charge < -0.3 is 5.11 Å². The number of pyridine rings is 1. The first-order valence-electron chi connectivity index (χ1n) is 16.4. The van der Waals surface area contributed by atoms with Gasteiger partial charge in [0.15, 0.2) is 5.78 Å². The number of nitrogens with zero attached hydrogens (tertiary/aromatic N) is 1. The molecule has 4 aromatic heterocycles. The summed E-state index contributed by atoms with van der Waals surface area (Å²) in [4.78, 5) is 17.0. The summed E-state index contributed by atoms with van der Waals surface area (Å²) in [6, 6.07) is 17.2. The molecule has 0 saturated carbocycles. The first-order chi connectivity index (χ1) is 21.8. The Bertz CT molecular complexity index is 2050. The summed E-state index contributed by atoms with van der Waals surface area (Å²) >= 11 is 5.47. The van der Waals surface area contributed by atoms with Crippen LogP contribution in [0.5, 0.6) is 0 Å². The van der Waals surface area contributed by atoms with Gasteiger partial charge in [-0.2, -0.15) is 11.3 Å². The van der Waals surface area contributed by atoms with Gasteiger partial charge in [0.05, 0.1) is 0 Å². The van der Waals surface area contributed by atoms with Gasteiger partial charge in [0.2, 0.25) is 0 Å². The number of ketones is 1. The molecule has 0 fully saturated rings. The van der Waals surface area contributed by atoms with Gasteiger partial charge in [-0.25, -0.2) is 0 Å². The molecule has 6 rings (SSSR count). The zero-order valence-corrected chi connectivity index (χ0v) is 33.8. The Morgan fingerprint density at radius 1 is 0.851 bits per heavy atom. The Labute approximate surface area is 305 Å². The van der Waals surface area contributed by atoms with Crippen molar-refractivity contribution in [2.45, 2.75) is 93.4 Å². The van der Waals surface area contributed by atoms with Crippen LogP contribution < -0.4 is 0 Å². The summed E-state index contributed by atoms with van der Waals surface area (Å²) in [5.74, 6) is 0.286. The third kappa shape index (κ3) is 7.31. The minimum atomic E-state index is -0.337. The molecular formula is C40H46IrNO2S3-. The van der Waals surface area contributed by atoms with Crippen LogP contribution >= 0.6 is 34.0 Å². The van der Waals surface area contributed by atoms with E-state index in [0.717, 1.165) is 36.9 Å². The van der Waals surface area contributed by atoms with Crippen LogP contribution in [0, 0.1) is 16.9 Å². The maximum atomic E-state index is 12.2. The van der Waals surface area contributed by atoms with Gasteiger partial charge in [-0.15, -0.1) is 46.3 Å². The van der Waals surface area contributed by atoms with Crippen LogP contribution in [-0.4, -0.2) is 15.9 Å². The molecule has 251 valence electrons. The van der Waals surface area contributed by atoms with Crippen LogP contribution in [0.4, 0.5) is 0 Å². The Balaban J connectivity index is 0.000000242. The van der Waals surface area contributed by atoms with E-state index in [-0.39, 0.29) is 47.9 Å². The second-order valence-electron chi connectivity index (χ2n) is 13.9. The van der Waals surface area contributed by atoms with Crippen molar-refractivity contribution >= 4 is 80.1 Å². The van der Waals surface area contributed by atoms with Gasteiger partial charge in [0.25, 0.3) is 0 Å². The smallest absolute Gasteiger partial charge is 0.164 e. The molecule has 47 heavy (non-hydrogen) atoms. The van der Waals surface area contributed by atoms with E-state index in [2.05, 4.69) is 74.0 Å². The molecule has 0 bridgehead atoms. The number of aromatic nitrogens is 1. The SMILES string of the molecule is CC(C)(C)c1cc(-c2nccc3sc4cc5sccc5cc4c23)[c-]c2ccsc12.CCC(C)(CC)C(=O)/C=C(\O)C(C)(CC)CC.[Ir]. The summed E-state index contributed by atoms with van der Waals surface area (Å²) < 4.78 is 5.30. The molecule has 1 N–H and O–H groups in total. The van der Waals surface area contributed by atoms with Crippen LogP contribution in [-0.2, 0) is 30.3 Å². The molecule has 6 aromatic rings. The standard InChI is InChI=1S/C25H18NS3.C15H28O2.Ir/c1-25(2,3)18-12-16(10-15-6-9-28-24(15)18)23-22-17-11-14-5-8-27-20(14)13-21(17)29-19(22)4-7-26-23;1-7-14(5,8-2)12(16)11-13(17)15(6,9-3)10-4;/h4-9,11-13H,1-3H3;11,16H,7-10H2,1-6H3;/q-1;;/b;12-11-;. The van der Waals surface area contributed by atoms with Crippen LogP contribution in [0.15, 0.2) is 65.2 Å². The normalized spacial score (nSPS) is 12.8. The van der Waals surface area contributed by atoms with Gasteiger partial charge >= 0.3 is 0 Å². The van der Waals surface area contributed by atoms with Gasteiger partial charge in [-0.05, 0) is 87.0 Å². The number of rotatable bonds is 8. The molecule has 2 aromatic carbocycles. The summed E-state index contributed by atoms with van der Waals surface area (Å²) in [7, 11) is 0. The average molecular weight is 861 g/mol. The summed E-state index contributed by atoms with van der Waals surface area (Å²) in [6.07, 6.45) is 6.70. The van der Waals surface area contributed by atoms with Crippen molar-refractivity contribution in [1.82, 2.24) is 4.98 Å². The van der Waals surface area contributed by atoms with Gasteiger partial charge in [0.1, 0.15) is 5.76 Å². The Morgan fingerprint density at radius 3 is 2.15 bits per heavy atom. The molecule has 0 saturated heterocycles. The number of benzene rings is 2. The maximum absolute atomic E-state index is 12.2. The van der Waals surface area contributed by atoms with E-state index >= 15 is 0 Å².